The Hall–Kier alpha value is -1.04. The highest BCUT2D eigenvalue weighted by Gasteiger charge is 2.28. The topological polar surface area (TPSA) is 52.6 Å². The summed E-state index contributed by atoms with van der Waals surface area (Å²) in [5.74, 6) is 0.212. The van der Waals surface area contributed by atoms with Gasteiger partial charge in [0.2, 0.25) is 0 Å². The molecule has 4 nitrogen and oxygen atoms in total. The summed E-state index contributed by atoms with van der Waals surface area (Å²) in [6, 6.07) is 7.77. The number of para-hydroxylation sites is 1. The second kappa shape index (κ2) is 5.53. The summed E-state index contributed by atoms with van der Waals surface area (Å²) in [5, 5.41) is 12.8. The van der Waals surface area contributed by atoms with Crippen molar-refractivity contribution in [2.75, 3.05) is 30.8 Å². The molecule has 1 aliphatic rings. The van der Waals surface area contributed by atoms with Gasteiger partial charge in [0.1, 0.15) is 6.10 Å². The zero-order valence-corrected chi connectivity index (χ0v) is 10.5. The lowest BCUT2D eigenvalue weighted by atomic mass is 10.2. The minimum absolute atomic E-state index is 0.210. The second-order valence-electron chi connectivity index (χ2n) is 3.89. The van der Waals surface area contributed by atoms with Crippen LogP contribution in [0.4, 0.5) is 5.69 Å². The van der Waals surface area contributed by atoms with Gasteiger partial charge in [-0.3, -0.25) is 4.79 Å². The first kappa shape index (κ1) is 12.4. The Morgan fingerprint density at radius 1 is 1.53 bits per heavy atom. The fraction of sp³-hybridized carbons (Fsp3) is 0.417. The van der Waals surface area contributed by atoms with Crippen LogP contribution in [0.5, 0.6) is 0 Å². The van der Waals surface area contributed by atoms with E-state index in [0.29, 0.717) is 18.8 Å². The van der Waals surface area contributed by atoms with E-state index in [1.165, 1.54) is 11.8 Å². The monoisotopic (exact) mass is 252 g/mol. The van der Waals surface area contributed by atoms with E-state index in [0.717, 1.165) is 10.6 Å². The Kier molecular flexibility index (Phi) is 4.04. The highest BCUT2D eigenvalue weighted by Crippen LogP contribution is 2.33. The van der Waals surface area contributed by atoms with Gasteiger partial charge < -0.3 is 15.3 Å². The number of hydrogen-bond donors (Lipinski definition) is 2. The molecule has 0 bridgehead atoms. The number of thioether (sulfide) groups is 1. The van der Waals surface area contributed by atoms with Crippen LogP contribution < -0.4 is 10.2 Å². The molecule has 17 heavy (non-hydrogen) atoms. The Bertz CT molecular complexity index is 411. The molecule has 2 rings (SSSR count). The number of aliphatic hydroxyl groups excluding tert-OH is 1. The average Bonchev–Trinajstić information content (AvgIpc) is 2.47. The summed E-state index contributed by atoms with van der Waals surface area (Å²) < 4.78 is 0. The number of rotatable bonds is 3. The van der Waals surface area contributed by atoms with Gasteiger partial charge in [0.25, 0.3) is 5.91 Å². The Labute approximate surface area is 105 Å². The summed E-state index contributed by atoms with van der Waals surface area (Å²) in [4.78, 5) is 14.8. The van der Waals surface area contributed by atoms with E-state index in [4.69, 9.17) is 0 Å². The van der Waals surface area contributed by atoms with Crippen LogP contribution in [0, 0.1) is 0 Å². The van der Waals surface area contributed by atoms with Gasteiger partial charge in [-0.1, -0.05) is 12.1 Å². The van der Waals surface area contributed by atoms with Crippen molar-refractivity contribution in [3.05, 3.63) is 24.3 Å². The highest BCUT2D eigenvalue weighted by atomic mass is 32.2. The highest BCUT2D eigenvalue weighted by molar-refractivity contribution is 7.99. The normalized spacial score (nSPS) is 20.0. The summed E-state index contributed by atoms with van der Waals surface area (Å²) in [6.07, 6.45) is -0.913. The van der Waals surface area contributed by atoms with E-state index >= 15 is 0 Å². The molecule has 0 saturated carbocycles. The van der Waals surface area contributed by atoms with Crippen molar-refractivity contribution in [1.82, 2.24) is 5.32 Å². The van der Waals surface area contributed by atoms with Gasteiger partial charge in [-0.25, -0.2) is 0 Å². The molecule has 2 N–H and O–H groups in total. The summed E-state index contributed by atoms with van der Waals surface area (Å²) in [6.45, 7) is 1.28. The lowest BCUT2D eigenvalue weighted by molar-refractivity contribution is -0.125. The number of nitrogens with one attached hydrogen (secondary N) is 1. The van der Waals surface area contributed by atoms with E-state index in [9.17, 15) is 9.90 Å². The van der Waals surface area contributed by atoms with Crippen LogP contribution in [0.25, 0.3) is 0 Å². The Morgan fingerprint density at radius 2 is 2.29 bits per heavy atom. The molecule has 92 valence electrons. The molecule has 0 aromatic heterocycles. The maximum absolute atomic E-state index is 12.0. The molecule has 1 aromatic rings. The molecule has 0 fully saturated rings. The van der Waals surface area contributed by atoms with Gasteiger partial charge in [-0.05, 0) is 19.2 Å². The predicted molar refractivity (Wildman–Crippen MR) is 69.5 cm³/mol. The molecule has 1 aliphatic heterocycles. The van der Waals surface area contributed by atoms with E-state index in [1.807, 2.05) is 31.3 Å². The first-order chi connectivity index (χ1) is 8.24. The largest absolute Gasteiger partial charge is 0.382 e. The van der Waals surface area contributed by atoms with Gasteiger partial charge in [-0.15, -0.1) is 11.8 Å². The zero-order valence-electron chi connectivity index (χ0n) is 9.72. The standard InChI is InChI=1S/C12H16N2O2S/c1-13-6-7-14-9-4-2-3-5-11(9)17-8-10(15)12(14)16/h2-5,10,13,15H,6-8H2,1H3. The summed E-state index contributed by atoms with van der Waals surface area (Å²) in [7, 11) is 1.85. The number of benzene rings is 1. The first-order valence-corrected chi connectivity index (χ1v) is 6.58. The van der Waals surface area contributed by atoms with Crippen molar-refractivity contribution in [1.29, 1.82) is 0 Å². The molecule has 1 amide bonds. The van der Waals surface area contributed by atoms with Gasteiger partial charge in [0.05, 0.1) is 5.69 Å². The number of likely N-dealkylation sites (N-methyl/N-ethyl adjacent to an activating group) is 1. The molecule has 0 saturated heterocycles. The maximum Gasteiger partial charge on any atom is 0.256 e. The molecule has 1 aromatic carbocycles. The average molecular weight is 252 g/mol. The van der Waals surface area contributed by atoms with Crippen molar-refractivity contribution in [2.24, 2.45) is 0 Å². The molecule has 0 aliphatic carbocycles. The molecule has 1 atom stereocenters. The SMILES string of the molecule is CNCCN1C(=O)C(O)CSc2ccccc21. The number of nitrogens with zero attached hydrogens (tertiary/aromatic N) is 1. The summed E-state index contributed by atoms with van der Waals surface area (Å²) >= 11 is 1.53. The zero-order chi connectivity index (χ0) is 12.3. The number of carbonyl (C=O) groups excluding carboxylic acids is 1. The van der Waals surface area contributed by atoms with Crippen molar-refractivity contribution in [2.45, 2.75) is 11.0 Å². The molecular weight excluding hydrogens is 236 g/mol. The molecule has 1 heterocycles. The van der Waals surface area contributed by atoms with Crippen LogP contribution in [0.3, 0.4) is 0 Å². The molecular formula is C12H16N2O2S. The van der Waals surface area contributed by atoms with E-state index in [1.54, 1.807) is 4.90 Å². The number of hydrogen-bond acceptors (Lipinski definition) is 4. The van der Waals surface area contributed by atoms with Crippen LogP contribution in [-0.2, 0) is 4.79 Å². The fourth-order valence-electron chi connectivity index (χ4n) is 1.80. The quantitative estimate of drug-likeness (QED) is 0.832. The Balaban J connectivity index is 2.33. The number of aliphatic hydroxyl groups is 1. The molecule has 0 radical (unpaired) electrons. The number of fused-ring (bicyclic) bond motifs is 1. The van der Waals surface area contributed by atoms with E-state index < -0.39 is 6.10 Å². The van der Waals surface area contributed by atoms with Crippen molar-refractivity contribution in [3.8, 4) is 0 Å². The van der Waals surface area contributed by atoms with Crippen LogP contribution in [0.1, 0.15) is 0 Å². The van der Waals surface area contributed by atoms with Crippen LogP contribution in [0.15, 0.2) is 29.2 Å². The lowest BCUT2D eigenvalue weighted by Gasteiger charge is -2.23. The van der Waals surface area contributed by atoms with Crippen molar-refractivity contribution in [3.63, 3.8) is 0 Å². The van der Waals surface area contributed by atoms with Crippen LogP contribution in [-0.4, -0.2) is 43.0 Å². The second-order valence-corrected chi connectivity index (χ2v) is 4.95. The molecule has 0 spiro atoms. The van der Waals surface area contributed by atoms with Crippen LogP contribution >= 0.6 is 11.8 Å². The predicted octanol–water partition coefficient (Wildman–Crippen LogP) is 0.706. The Morgan fingerprint density at radius 3 is 3.06 bits per heavy atom. The van der Waals surface area contributed by atoms with Gasteiger partial charge in [0.15, 0.2) is 0 Å². The minimum atomic E-state index is -0.913. The van der Waals surface area contributed by atoms with E-state index in [-0.39, 0.29) is 5.91 Å². The maximum atomic E-state index is 12.0. The van der Waals surface area contributed by atoms with Crippen LogP contribution in [0.2, 0.25) is 0 Å². The van der Waals surface area contributed by atoms with Gasteiger partial charge in [-0.2, -0.15) is 0 Å². The third-order valence-corrected chi connectivity index (χ3v) is 3.83. The minimum Gasteiger partial charge on any atom is -0.382 e. The fourth-order valence-corrected chi connectivity index (χ4v) is 2.78. The third-order valence-electron chi connectivity index (χ3n) is 2.69. The van der Waals surface area contributed by atoms with Crippen molar-refractivity contribution < 1.29 is 9.90 Å². The number of amides is 1. The third kappa shape index (κ3) is 2.62. The smallest absolute Gasteiger partial charge is 0.256 e. The van der Waals surface area contributed by atoms with Gasteiger partial charge >= 0.3 is 0 Å². The lowest BCUT2D eigenvalue weighted by Crippen LogP contribution is -2.42. The van der Waals surface area contributed by atoms with Gasteiger partial charge in [0, 0.05) is 23.7 Å². The van der Waals surface area contributed by atoms with Crippen molar-refractivity contribution >= 4 is 23.4 Å². The number of carbonyl (C=O) groups is 1. The number of anilines is 1. The first-order valence-electron chi connectivity index (χ1n) is 5.60. The van der Waals surface area contributed by atoms with E-state index in [2.05, 4.69) is 5.32 Å². The molecule has 5 heteroatoms. The molecule has 1 unspecified atom stereocenters. The summed E-state index contributed by atoms with van der Waals surface area (Å²) in [5.41, 5.74) is 0.898.